The summed E-state index contributed by atoms with van der Waals surface area (Å²) in [7, 11) is -4.40. The minimum absolute atomic E-state index is 0.0433. The number of aromatic hydroxyl groups is 1. The predicted molar refractivity (Wildman–Crippen MR) is 57.1 cm³/mol. The number of phenolic OH excluding ortho intramolecular Hbond substituents is 1. The van der Waals surface area contributed by atoms with Crippen LogP contribution in [-0.2, 0) is 10.1 Å². The van der Waals surface area contributed by atoms with Crippen molar-refractivity contribution in [3.05, 3.63) is 29.3 Å². The smallest absolute Gasteiger partial charge is 0.294 e. The molecule has 2 N–H and O–H groups in total. The van der Waals surface area contributed by atoms with Crippen molar-refractivity contribution in [1.29, 1.82) is 10.5 Å². The van der Waals surface area contributed by atoms with Gasteiger partial charge in [0.2, 0.25) is 0 Å². The highest BCUT2D eigenvalue weighted by atomic mass is 32.2. The SMILES string of the molecule is N#CC(C#N)=Cc1cc(S(=O)(=O)O)ccc1O. The third kappa shape index (κ3) is 3.05. The second-order valence-corrected chi connectivity index (χ2v) is 4.40. The predicted octanol–water partition coefficient (Wildman–Crippen LogP) is 1.07. The Hall–Kier alpha value is -2.35. The highest BCUT2D eigenvalue weighted by Crippen LogP contribution is 2.23. The number of hydrogen-bond donors (Lipinski definition) is 2. The van der Waals surface area contributed by atoms with E-state index in [0.717, 1.165) is 24.3 Å². The van der Waals surface area contributed by atoms with E-state index in [1.165, 1.54) is 0 Å². The molecule has 0 spiro atoms. The van der Waals surface area contributed by atoms with Crippen LogP contribution in [0, 0.1) is 22.7 Å². The quantitative estimate of drug-likeness (QED) is 0.597. The zero-order valence-electron chi connectivity index (χ0n) is 8.32. The van der Waals surface area contributed by atoms with Gasteiger partial charge in [-0.2, -0.15) is 18.9 Å². The molecule has 0 saturated heterocycles. The topological polar surface area (TPSA) is 122 Å². The molecule has 6 nitrogen and oxygen atoms in total. The van der Waals surface area contributed by atoms with Crippen LogP contribution in [0.15, 0.2) is 28.7 Å². The maximum absolute atomic E-state index is 10.8. The van der Waals surface area contributed by atoms with Gasteiger partial charge in [0.1, 0.15) is 23.5 Å². The zero-order valence-corrected chi connectivity index (χ0v) is 9.14. The minimum Gasteiger partial charge on any atom is -0.507 e. The molecule has 0 unspecified atom stereocenters. The van der Waals surface area contributed by atoms with Gasteiger partial charge < -0.3 is 5.11 Å². The summed E-state index contributed by atoms with van der Waals surface area (Å²) >= 11 is 0. The van der Waals surface area contributed by atoms with E-state index in [2.05, 4.69) is 0 Å². The molecule has 0 bridgehead atoms. The Morgan fingerprint density at radius 3 is 2.35 bits per heavy atom. The van der Waals surface area contributed by atoms with Gasteiger partial charge in [-0.15, -0.1) is 0 Å². The molecule has 86 valence electrons. The number of nitriles is 2. The lowest BCUT2D eigenvalue weighted by Crippen LogP contribution is -1.98. The van der Waals surface area contributed by atoms with Crippen LogP contribution in [0.2, 0.25) is 0 Å². The van der Waals surface area contributed by atoms with Gasteiger partial charge in [0.15, 0.2) is 0 Å². The number of rotatable bonds is 2. The molecule has 0 aliphatic rings. The molecule has 1 aromatic carbocycles. The Kier molecular flexibility index (Phi) is 3.49. The first-order valence-electron chi connectivity index (χ1n) is 4.21. The lowest BCUT2D eigenvalue weighted by Gasteiger charge is -2.01. The Balaban J connectivity index is 3.42. The summed E-state index contributed by atoms with van der Waals surface area (Å²) < 4.78 is 30.5. The molecule has 0 amide bonds. The number of benzene rings is 1. The van der Waals surface area contributed by atoms with Crippen molar-refractivity contribution in [2.24, 2.45) is 0 Å². The Morgan fingerprint density at radius 2 is 1.88 bits per heavy atom. The summed E-state index contributed by atoms with van der Waals surface area (Å²) in [5, 5.41) is 26.4. The fraction of sp³-hybridized carbons (Fsp3) is 0. The van der Waals surface area contributed by atoms with Crippen LogP contribution in [0.1, 0.15) is 5.56 Å². The molecule has 0 aliphatic carbocycles. The molecule has 17 heavy (non-hydrogen) atoms. The van der Waals surface area contributed by atoms with E-state index in [0.29, 0.717) is 0 Å². The third-order valence-electron chi connectivity index (χ3n) is 1.84. The fourth-order valence-corrected chi connectivity index (χ4v) is 1.57. The van der Waals surface area contributed by atoms with Crippen molar-refractivity contribution in [3.63, 3.8) is 0 Å². The van der Waals surface area contributed by atoms with Gasteiger partial charge in [0.05, 0.1) is 4.90 Å². The largest absolute Gasteiger partial charge is 0.507 e. The van der Waals surface area contributed by atoms with Crippen molar-refractivity contribution in [2.45, 2.75) is 4.90 Å². The summed E-state index contributed by atoms with van der Waals surface area (Å²) in [4.78, 5) is -0.434. The van der Waals surface area contributed by atoms with E-state index < -0.39 is 15.0 Å². The minimum atomic E-state index is -4.40. The highest BCUT2D eigenvalue weighted by Gasteiger charge is 2.11. The lowest BCUT2D eigenvalue weighted by molar-refractivity contribution is 0.471. The average molecular weight is 250 g/mol. The van der Waals surface area contributed by atoms with Gasteiger partial charge in [-0.25, -0.2) is 0 Å². The van der Waals surface area contributed by atoms with Crippen molar-refractivity contribution in [3.8, 4) is 17.9 Å². The second kappa shape index (κ2) is 4.66. The van der Waals surface area contributed by atoms with E-state index in [-0.39, 0.29) is 16.9 Å². The Labute approximate surface area is 97.4 Å². The molecular formula is C10H6N2O4S. The van der Waals surface area contributed by atoms with Crippen LogP contribution in [0.5, 0.6) is 5.75 Å². The molecular weight excluding hydrogens is 244 g/mol. The molecule has 0 atom stereocenters. The molecule has 0 heterocycles. The first-order valence-corrected chi connectivity index (χ1v) is 5.65. The number of hydrogen-bond acceptors (Lipinski definition) is 5. The maximum Gasteiger partial charge on any atom is 0.294 e. The van der Waals surface area contributed by atoms with Gasteiger partial charge >= 0.3 is 0 Å². The van der Waals surface area contributed by atoms with E-state index >= 15 is 0 Å². The molecule has 0 aliphatic heterocycles. The van der Waals surface area contributed by atoms with Gasteiger partial charge in [-0.3, -0.25) is 4.55 Å². The molecule has 0 saturated carbocycles. The average Bonchev–Trinajstić information content (AvgIpc) is 2.26. The van der Waals surface area contributed by atoms with Crippen molar-refractivity contribution in [2.75, 3.05) is 0 Å². The summed E-state index contributed by atoms with van der Waals surface area (Å²) in [6, 6.07) is 6.13. The number of allylic oxidation sites excluding steroid dienone is 1. The van der Waals surface area contributed by atoms with Crippen LogP contribution in [0.4, 0.5) is 0 Å². The normalized spacial score (nSPS) is 10.1. The monoisotopic (exact) mass is 250 g/mol. The Bertz CT molecular complexity index is 647. The summed E-state index contributed by atoms with van der Waals surface area (Å²) in [5.41, 5.74) is -0.342. The first kappa shape index (κ1) is 12.7. The molecule has 1 aromatic rings. The molecule has 0 aromatic heterocycles. The van der Waals surface area contributed by atoms with Gasteiger partial charge in [-0.1, -0.05) is 0 Å². The van der Waals surface area contributed by atoms with Crippen LogP contribution < -0.4 is 0 Å². The van der Waals surface area contributed by atoms with Crippen LogP contribution >= 0.6 is 0 Å². The lowest BCUT2D eigenvalue weighted by atomic mass is 10.1. The standard InChI is InChI=1S/C10H6N2O4S/c11-5-7(6-12)3-8-4-9(17(14,15)16)1-2-10(8)13/h1-4,13H,(H,14,15,16). The first-order chi connectivity index (χ1) is 7.88. The Morgan fingerprint density at radius 1 is 1.29 bits per heavy atom. The van der Waals surface area contributed by atoms with Gasteiger partial charge in [0, 0.05) is 5.56 Å². The van der Waals surface area contributed by atoms with Crippen molar-refractivity contribution < 1.29 is 18.1 Å². The van der Waals surface area contributed by atoms with E-state index in [1.807, 2.05) is 0 Å². The molecule has 7 heteroatoms. The van der Waals surface area contributed by atoms with Crippen LogP contribution in [-0.4, -0.2) is 18.1 Å². The molecule has 0 radical (unpaired) electrons. The fourth-order valence-electron chi connectivity index (χ4n) is 1.05. The second-order valence-electron chi connectivity index (χ2n) is 2.98. The van der Waals surface area contributed by atoms with Gasteiger partial charge in [-0.05, 0) is 24.3 Å². The summed E-state index contributed by atoms with van der Waals surface area (Å²) in [5.74, 6) is -0.305. The van der Waals surface area contributed by atoms with E-state index in [1.54, 1.807) is 12.1 Å². The number of phenols is 1. The van der Waals surface area contributed by atoms with Crippen LogP contribution in [0.25, 0.3) is 6.08 Å². The molecule has 1 rings (SSSR count). The zero-order chi connectivity index (χ0) is 13.1. The van der Waals surface area contributed by atoms with E-state index in [9.17, 15) is 13.5 Å². The van der Waals surface area contributed by atoms with Crippen molar-refractivity contribution >= 4 is 16.2 Å². The van der Waals surface area contributed by atoms with Crippen LogP contribution in [0.3, 0.4) is 0 Å². The van der Waals surface area contributed by atoms with Gasteiger partial charge in [0.25, 0.3) is 10.1 Å². The summed E-state index contributed by atoms with van der Waals surface area (Å²) in [6.45, 7) is 0. The highest BCUT2D eigenvalue weighted by molar-refractivity contribution is 7.85. The van der Waals surface area contributed by atoms with Crippen molar-refractivity contribution in [1.82, 2.24) is 0 Å². The number of nitrogens with zero attached hydrogens (tertiary/aromatic N) is 2. The summed E-state index contributed by atoms with van der Waals surface area (Å²) in [6.07, 6.45) is 1.02. The maximum atomic E-state index is 10.8. The van der Waals surface area contributed by atoms with E-state index in [4.69, 9.17) is 15.1 Å². The third-order valence-corrected chi connectivity index (χ3v) is 2.69. The molecule has 0 fully saturated rings.